The van der Waals surface area contributed by atoms with Crippen molar-refractivity contribution >= 4 is 45.4 Å². The number of hydrogen-bond acceptors (Lipinski definition) is 5. The van der Waals surface area contributed by atoms with E-state index in [-0.39, 0.29) is 10.6 Å². The molecule has 0 aliphatic rings. The Morgan fingerprint density at radius 1 is 1.55 bits per heavy atom. The number of anilines is 3. The van der Waals surface area contributed by atoms with Crippen molar-refractivity contribution in [2.24, 2.45) is 0 Å². The summed E-state index contributed by atoms with van der Waals surface area (Å²) in [6.45, 7) is 4.00. The standard InChI is InChI=1S/C13H14ClN3O2S/c1-3-10-6(2)20-13(16-10)17-11-8(12(18)19)4-7(15)5-9(11)14/h4-5H,3,15H2,1-2H3,(H,16,17)(H,18,19). The zero-order valence-corrected chi connectivity index (χ0v) is 12.6. The summed E-state index contributed by atoms with van der Waals surface area (Å²) >= 11 is 7.54. The van der Waals surface area contributed by atoms with E-state index in [1.54, 1.807) is 0 Å². The number of nitrogens with two attached hydrogens (primary N) is 1. The van der Waals surface area contributed by atoms with E-state index in [4.69, 9.17) is 17.3 Å². The zero-order chi connectivity index (χ0) is 14.9. The summed E-state index contributed by atoms with van der Waals surface area (Å²) in [5, 5.41) is 13.1. The fourth-order valence-corrected chi connectivity index (χ4v) is 3.02. The van der Waals surface area contributed by atoms with Crippen LogP contribution < -0.4 is 11.1 Å². The molecule has 0 radical (unpaired) electrons. The number of halogens is 1. The molecule has 0 fully saturated rings. The molecule has 106 valence electrons. The van der Waals surface area contributed by atoms with Gasteiger partial charge in [-0.15, -0.1) is 11.3 Å². The van der Waals surface area contributed by atoms with Crippen molar-refractivity contribution in [3.8, 4) is 0 Å². The molecule has 7 heteroatoms. The van der Waals surface area contributed by atoms with E-state index in [0.717, 1.165) is 17.0 Å². The van der Waals surface area contributed by atoms with Crippen LogP contribution in [0.2, 0.25) is 5.02 Å². The van der Waals surface area contributed by atoms with Gasteiger partial charge in [0.1, 0.15) is 0 Å². The van der Waals surface area contributed by atoms with Crippen molar-refractivity contribution in [1.29, 1.82) is 0 Å². The first kappa shape index (κ1) is 14.6. The fraction of sp³-hybridized carbons (Fsp3) is 0.231. The van der Waals surface area contributed by atoms with Gasteiger partial charge in [-0.1, -0.05) is 18.5 Å². The van der Waals surface area contributed by atoms with Gasteiger partial charge in [0.15, 0.2) is 5.13 Å². The van der Waals surface area contributed by atoms with Crippen LogP contribution in [0, 0.1) is 6.92 Å². The lowest BCUT2D eigenvalue weighted by atomic mass is 10.1. The van der Waals surface area contributed by atoms with Crippen LogP contribution in [0.15, 0.2) is 12.1 Å². The topological polar surface area (TPSA) is 88.2 Å². The average molecular weight is 312 g/mol. The third-order valence-electron chi connectivity index (χ3n) is 2.80. The minimum Gasteiger partial charge on any atom is -0.478 e. The van der Waals surface area contributed by atoms with Crippen molar-refractivity contribution < 1.29 is 9.90 Å². The van der Waals surface area contributed by atoms with Gasteiger partial charge in [0.05, 0.1) is 22.0 Å². The SMILES string of the molecule is CCc1nc(Nc2c(Cl)cc(N)cc2C(=O)O)sc1C. The Morgan fingerprint density at radius 2 is 2.25 bits per heavy atom. The number of nitrogens with one attached hydrogen (secondary N) is 1. The van der Waals surface area contributed by atoms with E-state index in [9.17, 15) is 9.90 Å². The minimum atomic E-state index is -1.09. The summed E-state index contributed by atoms with van der Waals surface area (Å²) in [6, 6.07) is 2.88. The molecule has 0 atom stereocenters. The maximum Gasteiger partial charge on any atom is 0.337 e. The van der Waals surface area contributed by atoms with Crippen LogP contribution in [0.3, 0.4) is 0 Å². The molecule has 0 unspecified atom stereocenters. The lowest BCUT2D eigenvalue weighted by Gasteiger charge is -2.10. The smallest absolute Gasteiger partial charge is 0.337 e. The van der Waals surface area contributed by atoms with Crippen LogP contribution in [-0.4, -0.2) is 16.1 Å². The summed E-state index contributed by atoms with van der Waals surface area (Å²) in [5.74, 6) is -1.09. The number of carboxylic acid groups (broad SMARTS) is 1. The molecule has 0 amide bonds. The first-order chi connectivity index (χ1) is 9.42. The molecule has 0 saturated carbocycles. The molecular weight excluding hydrogens is 298 g/mol. The summed E-state index contributed by atoms with van der Waals surface area (Å²) in [4.78, 5) is 16.8. The number of nitrogens with zero attached hydrogens (tertiary/aromatic N) is 1. The van der Waals surface area contributed by atoms with E-state index in [1.165, 1.54) is 23.5 Å². The summed E-state index contributed by atoms with van der Waals surface area (Å²) in [5.41, 5.74) is 7.25. The van der Waals surface area contributed by atoms with Crippen LogP contribution in [0.4, 0.5) is 16.5 Å². The van der Waals surface area contributed by atoms with Gasteiger partial charge < -0.3 is 16.2 Å². The second-order valence-electron chi connectivity index (χ2n) is 4.23. The van der Waals surface area contributed by atoms with Gasteiger partial charge in [0.2, 0.25) is 0 Å². The Morgan fingerprint density at radius 3 is 2.80 bits per heavy atom. The molecule has 0 saturated heterocycles. The van der Waals surface area contributed by atoms with Gasteiger partial charge >= 0.3 is 5.97 Å². The second kappa shape index (κ2) is 5.68. The molecule has 1 heterocycles. The van der Waals surface area contributed by atoms with Crippen molar-refractivity contribution in [3.63, 3.8) is 0 Å². The zero-order valence-electron chi connectivity index (χ0n) is 11.0. The van der Waals surface area contributed by atoms with Gasteiger partial charge in [-0.3, -0.25) is 0 Å². The normalized spacial score (nSPS) is 10.6. The third-order valence-corrected chi connectivity index (χ3v) is 4.03. The highest BCUT2D eigenvalue weighted by atomic mass is 35.5. The minimum absolute atomic E-state index is 0.0286. The molecule has 0 bridgehead atoms. The Bertz CT molecular complexity index is 670. The lowest BCUT2D eigenvalue weighted by Crippen LogP contribution is -2.05. The summed E-state index contributed by atoms with van der Waals surface area (Å²) < 4.78 is 0. The van der Waals surface area contributed by atoms with Crippen LogP contribution in [0.25, 0.3) is 0 Å². The Labute approximate surface area is 125 Å². The van der Waals surface area contributed by atoms with Gasteiger partial charge in [0, 0.05) is 10.6 Å². The Balaban J connectivity index is 2.44. The molecule has 0 aliphatic heterocycles. The average Bonchev–Trinajstić information content (AvgIpc) is 2.72. The predicted octanol–water partition coefficient (Wildman–Crippen LogP) is 3.69. The molecule has 1 aromatic carbocycles. The van der Waals surface area contributed by atoms with Crippen LogP contribution in [0.1, 0.15) is 27.9 Å². The van der Waals surface area contributed by atoms with Crippen LogP contribution in [-0.2, 0) is 6.42 Å². The monoisotopic (exact) mass is 311 g/mol. The summed E-state index contributed by atoms with van der Waals surface area (Å²) in [7, 11) is 0. The highest BCUT2D eigenvalue weighted by molar-refractivity contribution is 7.15. The lowest BCUT2D eigenvalue weighted by molar-refractivity contribution is 0.0698. The molecule has 20 heavy (non-hydrogen) atoms. The van der Waals surface area contributed by atoms with E-state index < -0.39 is 5.97 Å². The molecule has 0 aliphatic carbocycles. The van der Waals surface area contributed by atoms with Crippen molar-refractivity contribution in [2.45, 2.75) is 20.3 Å². The highest BCUT2D eigenvalue weighted by Gasteiger charge is 2.16. The number of carboxylic acids is 1. The van der Waals surface area contributed by atoms with Crippen molar-refractivity contribution in [3.05, 3.63) is 33.3 Å². The number of hydrogen-bond donors (Lipinski definition) is 3. The number of aryl methyl sites for hydroxylation is 2. The second-order valence-corrected chi connectivity index (χ2v) is 5.84. The number of benzene rings is 1. The number of carbonyl (C=O) groups is 1. The molecule has 0 spiro atoms. The van der Waals surface area contributed by atoms with Crippen LogP contribution >= 0.6 is 22.9 Å². The Kier molecular flexibility index (Phi) is 4.15. The van der Waals surface area contributed by atoms with E-state index in [2.05, 4.69) is 10.3 Å². The number of thiazole rings is 1. The number of aromatic nitrogens is 1. The largest absolute Gasteiger partial charge is 0.478 e. The Hall–Kier alpha value is -1.79. The van der Waals surface area contributed by atoms with Crippen molar-refractivity contribution in [2.75, 3.05) is 11.1 Å². The third kappa shape index (κ3) is 2.86. The molecule has 4 N–H and O–H groups in total. The van der Waals surface area contributed by atoms with Gasteiger partial charge in [-0.2, -0.15) is 0 Å². The summed E-state index contributed by atoms with van der Waals surface area (Å²) in [6.07, 6.45) is 0.825. The van der Waals surface area contributed by atoms with E-state index >= 15 is 0 Å². The van der Waals surface area contributed by atoms with Gasteiger partial charge in [-0.25, -0.2) is 9.78 Å². The number of nitrogen functional groups attached to an aromatic ring is 1. The maximum atomic E-state index is 11.3. The fourth-order valence-electron chi connectivity index (χ4n) is 1.84. The van der Waals surface area contributed by atoms with E-state index in [0.29, 0.717) is 16.5 Å². The van der Waals surface area contributed by atoms with Gasteiger partial charge in [-0.05, 0) is 25.5 Å². The molecule has 2 aromatic rings. The van der Waals surface area contributed by atoms with Crippen molar-refractivity contribution in [1.82, 2.24) is 4.98 Å². The highest BCUT2D eigenvalue weighted by Crippen LogP contribution is 2.34. The number of aromatic carboxylic acids is 1. The molecule has 1 aromatic heterocycles. The molecular formula is C13H14ClN3O2S. The van der Waals surface area contributed by atoms with Gasteiger partial charge in [0.25, 0.3) is 0 Å². The van der Waals surface area contributed by atoms with Crippen LogP contribution in [0.5, 0.6) is 0 Å². The van der Waals surface area contributed by atoms with E-state index in [1.807, 2.05) is 13.8 Å². The molecule has 2 rings (SSSR count). The first-order valence-corrected chi connectivity index (χ1v) is 7.17. The maximum absolute atomic E-state index is 11.3. The quantitative estimate of drug-likeness (QED) is 0.749. The molecule has 5 nitrogen and oxygen atoms in total. The number of rotatable bonds is 4. The predicted molar refractivity (Wildman–Crippen MR) is 82.3 cm³/mol. The first-order valence-electron chi connectivity index (χ1n) is 5.98.